The van der Waals surface area contributed by atoms with Crippen LogP contribution in [-0.4, -0.2) is 48.6 Å². The summed E-state index contributed by atoms with van der Waals surface area (Å²) in [5.41, 5.74) is 0.583. The normalized spacial score (nSPS) is 25.5. The first-order valence-corrected chi connectivity index (χ1v) is 8.89. The van der Waals surface area contributed by atoms with Gasteiger partial charge in [-0.1, -0.05) is 26.7 Å². The quantitative estimate of drug-likeness (QED) is 0.827. The molecule has 0 radical (unpaired) electrons. The number of nitrogens with one attached hydrogen (secondary N) is 1. The van der Waals surface area contributed by atoms with Crippen LogP contribution in [0.25, 0.3) is 0 Å². The monoisotopic (exact) mass is 270 g/mol. The van der Waals surface area contributed by atoms with Gasteiger partial charge in [0.05, 0.1) is 0 Å². The van der Waals surface area contributed by atoms with Gasteiger partial charge in [0.2, 0.25) is 0 Å². The van der Waals surface area contributed by atoms with Gasteiger partial charge in [-0.2, -0.15) is 11.8 Å². The fraction of sp³-hybridized carbons (Fsp3) is 1.00. The summed E-state index contributed by atoms with van der Waals surface area (Å²) in [6.45, 7) is 9.75. The summed E-state index contributed by atoms with van der Waals surface area (Å²) in [7, 11) is 0. The van der Waals surface area contributed by atoms with E-state index < -0.39 is 0 Å². The highest BCUT2D eigenvalue weighted by atomic mass is 32.2. The second kappa shape index (κ2) is 7.16. The van der Waals surface area contributed by atoms with Crippen LogP contribution in [-0.2, 0) is 0 Å². The average Bonchev–Trinajstić information content (AvgIpc) is 2.64. The molecule has 1 N–H and O–H groups in total. The standard InChI is InChI=1S/C15H30N2S/c1-14(2)16-12-15(6-3-4-7-15)13-17-8-5-10-18-11-9-17/h14,16H,3-13H2,1-2H3. The Morgan fingerprint density at radius 3 is 2.61 bits per heavy atom. The van der Waals surface area contributed by atoms with E-state index in [1.807, 2.05) is 0 Å². The van der Waals surface area contributed by atoms with E-state index in [0.717, 1.165) is 0 Å². The van der Waals surface area contributed by atoms with E-state index in [2.05, 4.69) is 35.8 Å². The molecular weight excluding hydrogens is 240 g/mol. The number of nitrogens with zero attached hydrogens (tertiary/aromatic N) is 1. The fourth-order valence-electron chi connectivity index (χ4n) is 3.37. The minimum atomic E-state index is 0.583. The average molecular weight is 270 g/mol. The Kier molecular flexibility index (Phi) is 5.84. The molecule has 0 amide bonds. The summed E-state index contributed by atoms with van der Waals surface area (Å²) in [6.07, 6.45) is 7.16. The van der Waals surface area contributed by atoms with Crippen LogP contribution >= 0.6 is 11.8 Å². The van der Waals surface area contributed by atoms with Gasteiger partial charge in [-0.3, -0.25) is 0 Å². The molecule has 18 heavy (non-hydrogen) atoms. The zero-order valence-corrected chi connectivity index (χ0v) is 13.0. The number of hydrogen-bond acceptors (Lipinski definition) is 3. The Bertz CT molecular complexity index is 229. The molecule has 0 aromatic carbocycles. The molecule has 0 aromatic rings. The van der Waals surface area contributed by atoms with Gasteiger partial charge >= 0.3 is 0 Å². The number of rotatable bonds is 5. The van der Waals surface area contributed by atoms with E-state index in [9.17, 15) is 0 Å². The Labute approximate surface area is 117 Å². The number of hydrogen-bond donors (Lipinski definition) is 1. The van der Waals surface area contributed by atoms with Crippen LogP contribution in [0.3, 0.4) is 0 Å². The maximum atomic E-state index is 3.70. The van der Waals surface area contributed by atoms with Crippen molar-refractivity contribution >= 4 is 11.8 Å². The van der Waals surface area contributed by atoms with Crippen LogP contribution in [0.2, 0.25) is 0 Å². The van der Waals surface area contributed by atoms with Gasteiger partial charge < -0.3 is 10.2 Å². The number of thioether (sulfide) groups is 1. The van der Waals surface area contributed by atoms with E-state index >= 15 is 0 Å². The fourth-order valence-corrected chi connectivity index (χ4v) is 4.29. The van der Waals surface area contributed by atoms with Crippen molar-refractivity contribution in [3.05, 3.63) is 0 Å². The summed E-state index contributed by atoms with van der Waals surface area (Å²) < 4.78 is 0. The van der Waals surface area contributed by atoms with Crippen molar-refractivity contribution in [2.75, 3.05) is 37.7 Å². The van der Waals surface area contributed by atoms with Gasteiger partial charge in [-0.05, 0) is 37.0 Å². The zero-order valence-electron chi connectivity index (χ0n) is 12.2. The summed E-state index contributed by atoms with van der Waals surface area (Å²) in [6, 6.07) is 0.627. The first-order valence-electron chi connectivity index (χ1n) is 7.74. The molecule has 1 aliphatic carbocycles. The molecule has 0 atom stereocenters. The van der Waals surface area contributed by atoms with Crippen molar-refractivity contribution in [2.45, 2.75) is 52.0 Å². The largest absolute Gasteiger partial charge is 0.314 e. The SMILES string of the molecule is CC(C)NCC1(CN2CCCSCC2)CCCC1. The van der Waals surface area contributed by atoms with E-state index in [1.54, 1.807) is 0 Å². The molecule has 0 spiro atoms. The Balaban J connectivity index is 1.87. The Hall–Kier alpha value is 0.270. The van der Waals surface area contributed by atoms with Gasteiger partial charge in [0.15, 0.2) is 0 Å². The van der Waals surface area contributed by atoms with Crippen LogP contribution < -0.4 is 5.32 Å². The molecule has 2 rings (SSSR count). The topological polar surface area (TPSA) is 15.3 Å². The van der Waals surface area contributed by atoms with Crippen molar-refractivity contribution < 1.29 is 0 Å². The second-order valence-electron chi connectivity index (χ2n) is 6.48. The first kappa shape index (κ1) is 14.7. The van der Waals surface area contributed by atoms with Crippen LogP contribution in [0.5, 0.6) is 0 Å². The highest BCUT2D eigenvalue weighted by Crippen LogP contribution is 2.38. The van der Waals surface area contributed by atoms with Crippen LogP contribution in [0.15, 0.2) is 0 Å². The van der Waals surface area contributed by atoms with Crippen LogP contribution in [0.1, 0.15) is 46.0 Å². The molecule has 0 aromatic heterocycles. The van der Waals surface area contributed by atoms with Crippen molar-refractivity contribution in [3.63, 3.8) is 0 Å². The third kappa shape index (κ3) is 4.43. The predicted molar refractivity (Wildman–Crippen MR) is 82.4 cm³/mol. The van der Waals surface area contributed by atoms with Crippen molar-refractivity contribution in [2.24, 2.45) is 5.41 Å². The molecule has 1 aliphatic heterocycles. The van der Waals surface area contributed by atoms with Crippen molar-refractivity contribution in [1.29, 1.82) is 0 Å². The van der Waals surface area contributed by atoms with Gasteiger partial charge in [0.25, 0.3) is 0 Å². The zero-order chi connectivity index (χ0) is 12.8. The predicted octanol–water partition coefficient (Wildman–Crippen LogP) is 2.98. The highest BCUT2D eigenvalue weighted by molar-refractivity contribution is 7.99. The third-order valence-electron chi connectivity index (χ3n) is 4.42. The highest BCUT2D eigenvalue weighted by Gasteiger charge is 2.35. The molecular formula is C15H30N2S. The molecule has 1 saturated carbocycles. The molecule has 1 saturated heterocycles. The lowest BCUT2D eigenvalue weighted by molar-refractivity contribution is 0.154. The Morgan fingerprint density at radius 1 is 1.11 bits per heavy atom. The summed E-state index contributed by atoms with van der Waals surface area (Å²) in [5, 5.41) is 3.70. The molecule has 3 heteroatoms. The first-order chi connectivity index (χ1) is 8.70. The van der Waals surface area contributed by atoms with Gasteiger partial charge in [0, 0.05) is 31.4 Å². The van der Waals surface area contributed by atoms with E-state index in [-0.39, 0.29) is 0 Å². The molecule has 2 nitrogen and oxygen atoms in total. The van der Waals surface area contributed by atoms with Gasteiger partial charge in [-0.15, -0.1) is 0 Å². The van der Waals surface area contributed by atoms with Gasteiger partial charge in [-0.25, -0.2) is 0 Å². The maximum Gasteiger partial charge on any atom is 0.00726 e. The maximum absolute atomic E-state index is 3.70. The van der Waals surface area contributed by atoms with E-state index in [1.165, 1.54) is 69.8 Å². The lowest BCUT2D eigenvalue weighted by Crippen LogP contribution is -2.44. The van der Waals surface area contributed by atoms with E-state index in [0.29, 0.717) is 11.5 Å². The minimum absolute atomic E-state index is 0.583. The lowest BCUT2D eigenvalue weighted by atomic mass is 9.85. The smallest absolute Gasteiger partial charge is 0.00726 e. The van der Waals surface area contributed by atoms with E-state index in [4.69, 9.17) is 0 Å². The molecule has 1 heterocycles. The molecule has 0 bridgehead atoms. The minimum Gasteiger partial charge on any atom is -0.314 e. The molecule has 2 aliphatic rings. The van der Waals surface area contributed by atoms with Crippen molar-refractivity contribution in [1.82, 2.24) is 10.2 Å². The van der Waals surface area contributed by atoms with Crippen LogP contribution in [0, 0.1) is 5.41 Å². The summed E-state index contributed by atoms with van der Waals surface area (Å²) in [4.78, 5) is 2.74. The lowest BCUT2D eigenvalue weighted by Gasteiger charge is -2.36. The summed E-state index contributed by atoms with van der Waals surface area (Å²) >= 11 is 2.14. The molecule has 106 valence electrons. The molecule has 2 fully saturated rings. The molecule has 0 unspecified atom stereocenters. The second-order valence-corrected chi connectivity index (χ2v) is 7.71. The Morgan fingerprint density at radius 2 is 1.89 bits per heavy atom. The third-order valence-corrected chi connectivity index (χ3v) is 5.47. The van der Waals surface area contributed by atoms with Gasteiger partial charge in [0.1, 0.15) is 0 Å². The van der Waals surface area contributed by atoms with Crippen LogP contribution in [0.4, 0.5) is 0 Å². The van der Waals surface area contributed by atoms with Crippen molar-refractivity contribution in [3.8, 4) is 0 Å². The summed E-state index contributed by atoms with van der Waals surface area (Å²) in [5.74, 6) is 2.71.